The molecule has 21 heavy (non-hydrogen) atoms. The van der Waals surface area contributed by atoms with Crippen molar-refractivity contribution >= 4 is 0 Å². The molecule has 1 aliphatic heterocycles. The molecule has 2 rings (SSSR count). The van der Waals surface area contributed by atoms with Crippen molar-refractivity contribution < 1.29 is 0 Å². The summed E-state index contributed by atoms with van der Waals surface area (Å²) in [5, 5.41) is 3.66. The van der Waals surface area contributed by atoms with E-state index in [1.807, 2.05) is 0 Å². The summed E-state index contributed by atoms with van der Waals surface area (Å²) in [5.41, 5.74) is 1.51. The van der Waals surface area contributed by atoms with E-state index in [-0.39, 0.29) is 0 Å². The van der Waals surface area contributed by atoms with E-state index in [4.69, 9.17) is 0 Å². The SMILES string of the molecule is CC(C)CNCC(C(C)C)N1CCC(c2ccccc2)C1. The van der Waals surface area contributed by atoms with Crippen LogP contribution >= 0.6 is 0 Å². The van der Waals surface area contributed by atoms with E-state index >= 15 is 0 Å². The average molecular weight is 288 g/mol. The topological polar surface area (TPSA) is 15.3 Å². The van der Waals surface area contributed by atoms with Crippen LogP contribution in [0, 0.1) is 11.8 Å². The lowest BCUT2D eigenvalue weighted by Gasteiger charge is -2.32. The lowest BCUT2D eigenvalue weighted by atomic mass is 9.98. The van der Waals surface area contributed by atoms with Crippen molar-refractivity contribution in [2.24, 2.45) is 11.8 Å². The summed E-state index contributed by atoms with van der Waals surface area (Å²) in [4.78, 5) is 2.70. The Labute approximate surface area is 130 Å². The second-order valence-corrected chi connectivity index (χ2v) is 7.25. The van der Waals surface area contributed by atoms with Crippen LogP contribution in [0.3, 0.4) is 0 Å². The van der Waals surface area contributed by atoms with E-state index in [0.29, 0.717) is 12.0 Å². The van der Waals surface area contributed by atoms with Crippen LogP contribution in [-0.4, -0.2) is 37.1 Å². The van der Waals surface area contributed by atoms with Gasteiger partial charge in [-0.3, -0.25) is 4.90 Å². The van der Waals surface area contributed by atoms with Crippen molar-refractivity contribution in [2.45, 2.75) is 46.1 Å². The fourth-order valence-corrected chi connectivity index (χ4v) is 3.39. The molecular weight excluding hydrogens is 256 g/mol. The summed E-state index contributed by atoms with van der Waals surface area (Å²) in [6.07, 6.45) is 1.30. The molecule has 1 heterocycles. The smallest absolute Gasteiger partial charge is 0.0243 e. The third-order valence-electron chi connectivity index (χ3n) is 4.64. The van der Waals surface area contributed by atoms with E-state index in [1.165, 1.54) is 25.1 Å². The molecule has 0 bridgehead atoms. The zero-order valence-electron chi connectivity index (χ0n) is 14.2. The maximum atomic E-state index is 3.66. The Kier molecular flexibility index (Phi) is 6.25. The van der Waals surface area contributed by atoms with Gasteiger partial charge in [0, 0.05) is 19.1 Å². The van der Waals surface area contributed by atoms with Crippen LogP contribution in [0.15, 0.2) is 30.3 Å². The van der Waals surface area contributed by atoms with Gasteiger partial charge in [-0.2, -0.15) is 0 Å². The Morgan fingerprint density at radius 3 is 2.43 bits per heavy atom. The predicted octanol–water partition coefficient (Wildman–Crippen LogP) is 3.75. The van der Waals surface area contributed by atoms with Crippen molar-refractivity contribution in [2.75, 3.05) is 26.2 Å². The number of hydrogen-bond donors (Lipinski definition) is 1. The maximum absolute atomic E-state index is 3.66. The van der Waals surface area contributed by atoms with Gasteiger partial charge < -0.3 is 5.32 Å². The number of nitrogens with zero attached hydrogens (tertiary/aromatic N) is 1. The third-order valence-corrected chi connectivity index (χ3v) is 4.64. The quantitative estimate of drug-likeness (QED) is 0.822. The van der Waals surface area contributed by atoms with Gasteiger partial charge in [-0.25, -0.2) is 0 Å². The lowest BCUT2D eigenvalue weighted by Crippen LogP contribution is -2.45. The molecule has 0 aliphatic carbocycles. The van der Waals surface area contributed by atoms with Gasteiger partial charge in [0.05, 0.1) is 0 Å². The molecular formula is C19H32N2. The molecule has 2 nitrogen and oxygen atoms in total. The molecule has 1 fully saturated rings. The highest BCUT2D eigenvalue weighted by molar-refractivity contribution is 5.21. The van der Waals surface area contributed by atoms with Crippen molar-refractivity contribution in [3.63, 3.8) is 0 Å². The minimum Gasteiger partial charge on any atom is -0.315 e. The Morgan fingerprint density at radius 2 is 1.81 bits per heavy atom. The van der Waals surface area contributed by atoms with Gasteiger partial charge in [-0.05, 0) is 42.8 Å². The molecule has 1 aromatic rings. The van der Waals surface area contributed by atoms with Crippen LogP contribution in [-0.2, 0) is 0 Å². The molecule has 1 saturated heterocycles. The molecule has 118 valence electrons. The lowest BCUT2D eigenvalue weighted by molar-refractivity contribution is 0.183. The molecule has 0 spiro atoms. The van der Waals surface area contributed by atoms with Crippen molar-refractivity contribution in [3.8, 4) is 0 Å². The monoisotopic (exact) mass is 288 g/mol. The highest BCUT2D eigenvalue weighted by atomic mass is 15.2. The van der Waals surface area contributed by atoms with Gasteiger partial charge >= 0.3 is 0 Å². The highest BCUT2D eigenvalue weighted by Gasteiger charge is 2.30. The second kappa shape index (κ2) is 7.95. The zero-order valence-corrected chi connectivity index (χ0v) is 14.2. The number of benzene rings is 1. The van der Waals surface area contributed by atoms with Crippen LogP contribution in [0.1, 0.15) is 45.6 Å². The fraction of sp³-hybridized carbons (Fsp3) is 0.684. The van der Waals surface area contributed by atoms with E-state index in [2.05, 4.69) is 68.2 Å². The van der Waals surface area contributed by atoms with Crippen molar-refractivity contribution in [1.29, 1.82) is 0 Å². The minimum absolute atomic E-state index is 0.664. The van der Waals surface area contributed by atoms with Gasteiger partial charge in [0.1, 0.15) is 0 Å². The van der Waals surface area contributed by atoms with Gasteiger partial charge in [0.15, 0.2) is 0 Å². The number of nitrogens with one attached hydrogen (secondary N) is 1. The maximum Gasteiger partial charge on any atom is 0.0243 e. The molecule has 0 radical (unpaired) electrons. The molecule has 1 aliphatic rings. The first-order valence-corrected chi connectivity index (χ1v) is 8.57. The summed E-state index contributed by atoms with van der Waals surface area (Å²) in [7, 11) is 0. The van der Waals surface area contributed by atoms with Crippen LogP contribution in [0.25, 0.3) is 0 Å². The summed E-state index contributed by atoms with van der Waals surface area (Å²) in [6, 6.07) is 11.7. The summed E-state index contributed by atoms with van der Waals surface area (Å²) in [6.45, 7) is 14.0. The third kappa shape index (κ3) is 4.82. The van der Waals surface area contributed by atoms with Crippen LogP contribution in [0.2, 0.25) is 0 Å². The highest BCUT2D eigenvalue weighted by Crippen LogP contribution is 2.29. The largest absolute Gasteiger partial charge is 0.315 e. The Hall–Kier alpha value is -0.860. The van der Waals surface area contributed by atoms with Crippen LogP contribution in [0.4, 0.5) is 0 Å². The molecule has 1 aromatic carbocycles. The molecule has 0 amide bonds. The van der Waals surface area contributed by atoms with E-state index in [0.717, 1.165) is 24.9 Å². The fourth-order valence-electron chi connectivity index (χ4n) is 3.39. The van der Waals surface area contributed by atoms with E-state index in [9.17, 15) is 0 Å². The van der Waals surface area contributed by atoms with Crippen LogP contribution in [0.5, 0.6) is 0 Å². The van der Waals surface area contributed by atoms with Crippen molar-refractivity contribution in [1.82, 2.24) is 10.2 Å². The first-order chi connectivity index (χ1) is 10.1. The van der Waals surface area contributed by atoms with Crippen molar-refractivity contribution in [3.05, 3.63) is 35.9 Å². The van der Waals surface area contributed by atoms with Gasteiger partial charge in [-0.1, -0.05) is 58.0 Å². The Bertz CT molecular complexity index is 399. The van der Waals surface area contributed by atoms with Gasteiger partial charge in [0.25, 0.3) is 0 Å². The van der Waals surface area contributed by atoms with Gasteiger partial charge in [0.2, 0.25) is 0 Å². The predicted molar refractivity (Wildman–Crippen MR) is 91.7 cm³/mol. The van der Waals surface area contributed by atoms with E-state index < -0.39 is 0 Å². The number of likely N-dealkylation sites (tertiary alicyclic amines) is 1. The van der Waals surface area contributed by atoms with Crippen LogP contribution < -0.4 is 5.32 Å². The molecule has 2 unspecified atom stereocenters. The molecule has 1 N–H and O–H groups in total. The standard InChI is InChI=1S/C19H32N2/c1-15(2)12-20-13-19(16(3)4)21-11-10-18(14-21)17-8-6-5-7-9-17/h5-9,15-16,18-20H,10-14H2,1-4H3. The molecule has 0 aromatic heterocycles. The zero-order chi connectivity index (χ0) is 15.2. The summed E-state index contributed by atoms with van der Waals surface area (Å²) >= 11 is 0. The summed E-state index contributed by atoms with van der Waals surface area (Å²) in [5.74, 6) is 2.16. The van der Waals surface area contributed by atoms with Gasteiger partial charge in [-0.15, -0.1) is 0 Å². The Balaban J connectivity index is 1.90. The Morgan fingerprint density at radius 1 is 1.10 bits per heavy atom. The van der Waals surface area contributed by atoms with E-state index in [1.54, 1.807) is 0 Å². The normalized spacial score (nSPS) is 21.3. The molecule has 0 saturated carbocycles. The summed E-state index contributed by atoms with van der Waals surface area (Å²) < 4.78 is 0. The minimum atomic E-state index is 0.664. The first-order valence-electron chi connectivity index (χ1n) is 8.57. The number of hydrogen-bond acceptors (Lipinski definition) is 2. The average Bonchev–Trinajstić information content (AvgIpc) is 2.93. The molecule has 2 heteroatoms. The number of rotatable bonds is 7. The first kappa shape index (κ1) is 16.5. The second-order valence-electron chi connectivity index (χ2n) is 7.25. The molecule has 2 atom stereocenters.